The van der Waals surface area contributed by atoms with Crippen molar-refractivity contribution < 1.29 is 13.9 Å². The average molecular weight is 314 g/mol. The summed E-state index contributed by atoms with van der Waals surface area (Å²) in [7, 11) is 0. The van der Waals surface area contributed by atoms with E-state index in [0.717, 1.165) is 25.2 Å². The normalized spacial score (nSPS) is 13.8. The lowest BCUT2D eigenvalue weighted by Gasteiger charge is -2.15. The largest absolute Gasteiger partial charge is 0.493 e. The number of hydrogen-bond donors (Lipinski definition) is 2. The van der Waals surface area contributed by atoms with Gasteiger partial charge in [0.2, 0.25) is 0 Å². The molecule has 1 aliphatic rings. The molecule has 1 heterocycles. The van der Waals surface area contributed by atoms with E-state index in [1.54, 1.807) is 0 Å². The molecule has 2 aromatic carbocycles. The molecule has 0 fully saturated rings. The van der Waals surface area contributed by atoms with E-state index in [-0.39, 0.29) is 17.9 Å². The van der Waals surface area contributed by atoms with Crippen molar-refractivity contribution in [1.29, 1.82) is 0 Å². The van der Waals surface area contributed by atoms with Crippen LogP contribution in [0.3, 0.4) is 0 Å². The maximum Gasteiger partial charge on any atom is 0.319 e. The van der Waals surface area contributed by atoms with Crippen LogP contribution in [0.2, 0.25) is 0 Å². The van der Waals surface area contributed by atoms with Gasteiger partial charge < -0.3 is 15.4 Å². The molecule has 0 spiro atoms. The maximum atomic E-state index is 12.8. The van der Waals surface area contributed by atoms with Crippen LogP contribution in [0, 0.1) is 5.82 Å². The van der Waals surface area contributed by atoms with Crippen LogP contribution < -0.4 is 15.4 Å². The molecule has 0 bridgehead atoms. The third-order valence-electron chi connectivity index (χ3n) is 3.78. The smallest absolute Gasteiger partial charge is 0.319 e. The topological polar surface area (TPSA) is 50.4 Å². The molecule has 0 saturated heterocycles. The Balaban J connectivity index is 1.53. The van der Waals surface area contributed by atoms with E-state index in [4.69, 9.17) is 4.74 Å². The molecule has 1 aliphatic heterocycles. The van der Waals surface area contributed by atoms with Gasteiger partial charge in [0.25, 0.3) is 0 Å². The number of rotatable bonds is 4. The monoisotopic (exact) mass is 314 g/mol. The first-order valence-electron chi connectivity index (χ1n) is 7.68. The summed E-state index contributed by atoms with van der Waals surface area (Å²) in [5.74, 6) is 0.633. The van der Waals surface area contributed by atoms with Gasteiger partial charge in [0.15, 0.2) is 0 Å². The summed E-state index contributed by atoms with van der Waals surface area (Å²) in [4.78, 5) is 11.9. The first-order valence-corrected chi connectivity index (χ1v) is 7.68. The second-order valence-corrected chi connectivity index (χ2v) is 5.75. The van der Waals surface area contributed by atoms with Crippen LogP contribution in [0.4, 0.5) is 14.9 Å². The predicted octanol–water partition coefficient (Wildman–Crippen LogP) is 3.51. The number of benzene rings is 2. The second-order valence-electron chi connectivity index (χ2n) is 5.75. The van der Waals surface area contributed by atoms with Crippen LogP contribution in [0.25, 0.3) is 0 Å². The SMILES string of the molecule is CC(Cc1ccc2c(c1)CCO2)NC(=O)Nc1ccc(F)cc1. The van der Waals surface area contributed by atoms with Gasteiger partial charge in [0.1, 0.15) is 11.6 Å². The molecular weight excluding hydrogens is 295 g/mol. The molecule has 120 valence electrons. The molecule has 1 atom stereocenters. The van der Waals surface area contributed by atoms with E-state index in [1.165, 1.54) is 35.4 Å². The first kappa shape index (κ1) is 15.3. The number of carbonyl (C=O) groups is 1. The fourth-order valence-corrected chi connectivity index (χ4v) is 2.70. The Kier molecular flexibility index (Phi) is 4.46. The van der Waals surface area contributed by atoms with Crippen LogP contribution in [0.1, 0.15) is 18.1 Å². The Morgan fingerprint density at radius 2 is 2.04 bits per heavy atom. The van der Waals surface area contributed by atoms with Crippen molar-refractivity contribution in [2.75, 3.05) is 11.9 Å². The van der Waals surface area contributed by atoms with Crippen LogP contribution in [0.15, 0.2) is 42.5 Å². The summed E-state index contributed by atoms with van der Waals surface area (Å²) in [5.41, 5.74) is 2.96. The van der Waals surface area contributed by atoms with Gasteiger partial charge in [-0.05, 0) is 54.8 Å². The Labute approximate surface area is 134 Å². The standard InChI is InChI=1S/C18H19FN2O2/c1-12(10-13-2-7-17-14(11-13)8-9-23-17)20-18(22)21-16-5-3-15(19)4-6-16/h2-7,11-12H,8-10H2,1H3,(H2,20,21,22). The lowest BCUT2D eigenvalue weighted by atomic mass is 10.0. The molecule has 1 unspecified atom stereocenters. The quantitative estimate of drug-likeness (QED) is 0.907. The van der Waals surface area contributed by atoms with Gasteiger partial charge in [-0.25, -0.2) is 9.18 Å². The van der Waals surface area contributed by atoms with Crippen molar-refractivity contribution in [3.63, 3.8) is 0 Å². The molecular formula is C18H19FN2O2. The number of anilines is 1. The van der Waals surface area contributed by atoms with E-state index >= 15 is 0 Å². The molecule has 3 rings (SSSR count). The zero-order valence-electron chi connectivity index (χ0n) is 12.9. The highest BCUT2D eigenvalue weighted by Crippen LogP contribution is 2.26. The van der Waals surface area contributed by atoms with Crippen LogP contribution in [-0.4, -0.2) is 18.7 Å². The summed E-state index contributed by atoms with van der Waals surface area (Å²) >= 11 is 0. The zero-order chi connectivity index (χ0) is 16.2. The molecule has 5 heteroatoms. The Morgan fingerprint density at radius 3 is 2.83 bits per heavy atom. The van der Waals surface area contributed by atoms with Gasteiger partial charge in [-0.15, -0.1) is 0 Å². The maximum absolute atomic E-state index is 12.8. The van der Waals surface area contributed by atoms with Gasteiger partial charge in [-0.3, -0.25) is 0 Å². The number of nitrogens with one attached hydrogen (secondary N) is 2. The van der Waals surface area contributed by atoms with Crippen molar-refractivity contribution in [2.45, 2.75) is 25.8 Å². The lowest BCUT2D eigenvalue weighted by molar-refractivity contribution is 0.249. The Bertz CT molecular complexity index is 701. The van der Waals surface area contributed by atoms with E-state index in [2.05, 4.69) is 16.7 Å². The fourth-order valence-electron chi connectivity index (χ4n) is 2.70. The highest BCUT2D eigenvalue weighted by atomic mass is 19.1. The van der Waals surface area contributed by atoms with E-state index in [0.29, 0.717) is 5.69 Å². The average Bonchev–Trinajstić information content (AvgIpc) is 2.97. The number of halogens is 1. The number of amides is 2. The molecule has 23 heavy (non-hydrogen) atoms. The first-order chi connectivity index (χ1) is 11.1. The summed E-state index contributed by atoms with van der Waals surface area (Å²) in [5, 5.41) is 5.57. The summed E-state index contributed by atoms with van der Waals surface area (Å²) in [6.45, 7) is 2.70. The number of ether oxygens (including phenoxy) is 1. The van der Waals surface area contributed by atoms with Crippen molar-refractivity contribution in [3.05, 3.63) is 59.4 Å². The minimum atomic E-state index is -0.329. The van der Waals surface area contributed by atoms with Gasteiger partial charge in [-0.2, -0.15) is 0 Å². The zero-order valence-corrected chi connectivity index (χ0v) is 12.9. The second kappa shape index (κ2) is 6.69. The number of carbonyl (C=O) groups excluding carboxylic acids is 1. The Hall–Kier alpha value is -2.56. The van der Waals surface area contributed by atoms with Crippen molar-refractivity contribution in [1.82, 2.24) is 5.32 Å². The van der Waals surface area contributed by atoms with E-state index < -0.39 is 0 Å². The third kappa shape index (κ3) is 4.00. The minimum Gasteiger partial charge on any atom is -0.493 e. The molecule has 0 saturated carbocycles. The van der Waals surface area contributed by atoms with Crippen molar-refractivity contribution in [2.24, 2.45) is 0 Å². The van der Waals surface area contributed by atoms with Gasteiger partial charge >= 0.3 is 6.03 Å². The number of fused-ring (bicyclic) bond motifs is 1. The van der Waals surface area contributed by atoms with Crippen LogP contribution in [0.5, 0.6) is 5.75 Å². The van der Waals surface area contributed by atoms with Crippen LogP contribution in [-0.2, 0) is 12.8 Å². The molecule has 4 nitrogen and oxygen atoms in total. The Morgan fingerprint density at radius 1 is 1.26 bits per heavy atom. The van der Waals surface area contributed by atoms with Gasteiger partial charge in [0.05, 0.1) is 6.61 Å². The fraction of sp³-hybridized carbons (Fsp3) is 0.278. The highest BCUT2D eigenvalue weighted by molar-refractivity contribution is 5.89. The molecule has 2 aromatic rings. The number of hydrogen-bond acceptors (Lipinski definition) is 2. The van der Waals surface area contributed by atoms with Gasteiger partial charge in [0, 0.05) is 18.2 Å². The summed E-state index contributed by atoms with van der Waals surface area (Å²) in [6, 6.07) is 11.5. The predicted molar refractivity (Wildman–Crippen MR) is 87.4 cm³/mol. The van der Waals surface area contributed by atoms with Gasteiger partial charge in [-0.1, -0.05) is 12.1 Å². The summed E-state index contributed by atoms with van der Waals surface area (Å²) < 4.78 is 18.3. The molecule has 0 aromatic heterocycles. The third-order valence-corrected chi connectivity index (χ3v) is 3.78. The van der Waals surface area contributed by atoms with Crippen LogP contribution >= 0.6 is 0 Å². The van der Waals surface area contributed by atoms with E-state index in [9.17, 15) is 9.18 Å². The summed E-state index contributed by atoms with van der Waals surface area (Å²) in [6.07, 6.45) is 1.68. The van der Waals surface area contributed by atoms with E-state index in [1.807, 2.05) is 19.1 Å². The molecule has 0 aliphatic carbocycles. The van der Waals surface area contributed by atoms with Crippen molar-refractivity contribution in [3.8, 4) is 5.75 Å². The molecule has 0 radical (unpaired) electrons. The molecule has 2 N–H and O–H groups in total. The molecule has 2 amide bonds. The van der Waals surface area contributed by atoms with Crippen molar-refractivity contribution >= 4 is 11.7 Å². The highest BCUT2D eigenvalue weighted by Gasteiger charge is 2.14. The number of urea groups is 1. The minimum absolute atomic E-state index is 0.0178. The lowest BCUT2D eigenvalue weighted by Crippen LogP contribution is -2.37.